The van der Waals surface area contributed by atoms with E-state index in [0.29, 0.717) is 25.3 Å². The lowest BCUT2D eigenvalue weighted by Gasteiger charge is -2.37. The highest BCUT2D eigenvalue weighted by atomic mass is 31.2. The van der Waals surface area contributed by atoms with Crippen LogP contribution in [0.25, 0.3) is 0 Å². The largest absolute Gasteiger partial charge is 0.369 e. The zero-order valence-corrected chi connectivity index (χ0v) is 20.8. The minimum absolute atomic E-state index is 0.0439. The maximum absolute atomic E-state index is 8.85. The highest BCUT2D eigenvalue weighted by Gasteiger charge is 2.29. The summed E-state index contributed by atoms with van der Waals surface area (Å²) < 4.78 is 14.6. The molecule has 0 aliphatic heterocycles. The second-order valence-corrected chi connectivity index (χ2v) is 9.21. The zero-order valence-electron chi connectivity index (χ0n) is 19.9. The first-order valence-corrected chi connectivity index (χ1v) is 11.8. The number of nitrogens with zero attached hydrogens (tertiary/aromatic N) is 5. The van der Waals surface area contributed by atoms with Gasteiger partial charge < -0.3 is 13.9 Å². The number of pyridine rings is 1. The Labute approximate surface area is 189 Å². The van der Waals surface area contributed by atoms with E-state index in [-0.39, 0.29) is 18.2 Å². The van der Waals surface area contributed by atoms with E-state index < -0.39 is 8.53 Å². The van der Waals surface area contributed by atoms with Crippen LogP contribution in [-0.2, 0) is 9.05 Å². The van der Waals surface area contributed by atoms with Crippen molar-refractivity contribution in [1.82, 2.24) is 14.6 Å². The number of hydrogen-bond acceptors (Lipinski definition) is 6. The third-order valence-corrected chi connectivity index (χ3v) is 6.27. The molecule has 0 N–H and O–H groups in total. The molecule has 1 heterocycles. The lowest BCUT2D eigenvalue weighted by molar-refractivity contribution is 0.132. The first kappa shape index (κ1) is 27.0. The standard InChI is InChI=1S/C23H36N5O2P/c1-8-22(30-31(29-16-10-15-24)28(19(2)3)20(4)5)12-9-11-21-13-14-23(25-17-21)26-18-27(6)7/h13-14,17-20,22H,8,10,12,16H2,1-7H3/b26-18+/t22-,31?/m1/s1. The lowest BCUT2D eigenvalue weighted by Crippen LogP contribution is -2.34. The molecule has 170 valence electrons. The van der Waals surface area contributed by atoms with Gasteiger partial charge in [0.05, 0.1) is 31.5 Å². The van der Waals surface area contributed by atoms with Crippen LogP contribution in [0.2, 0.25) is 0 Å². The molecule has 2 atom stereocenters. The normalized spacial score (nSPS) is 13.3. The molecular weight excluding hydrogens is 409 g/mol. The van der Waals surface area contributed by atoms with E-state index in [0.717, 1.165) is 12.0 Å². The number of aromatic nitrogens is 1. The highest BCUT2D eigenvalue weighted by molar-refractivity contribution is 7.44. The average molecular weight is 446 g/mol. The van der Waals surface area contributed by atoms with Gasteiger partial charge in [-0.15, -0.1) is 0 Å². The number of hydrogen-bond donors (Lipinski definition) is 0. The molecule has 7 nitrogen and oxygen atoms in total. The van der Waals surface area contributed by atoms with Crippen molar-refractivity contribution in [3.05, 3.63) is 23.9 Å². The maximum Gasteiger partial charge on any atom is 0.259 e. The molecule has 1 aromatic heterocycles. The second-order valence-electron chi connectivity index (χ2n) is 7.80. The summed E-state index contributed by atoms with van der Waals surface area (Å²) in [6.45, 7) is 11.0. The van der Waals surface area contributed by atoms with Gasteiger partial charge in [0.1, 0.15) is 0 Å². The van der Waals surface area contributed by atoms with Crippen LogP contribution in [0.3, 0.4) is 0 Å². The van der Waals surface area contributed by atoms with Gasteiger partial charge in [-0.2, -0.15) is 5.26 Å². The Kier molecular flexibility index (Phi) is 13.0. The first-order valence-electron chi connectivity index (χ1n) is 10.7. The fourth-order valence-corrected chi connectivity index (χ4v) is 4.44. The molecule has 0 radical (unpaired) electrons. The Morgan fingerprint density at radius 3 is 2.45 bits per heavy atom. The molecule has 0 aliphatic carbocycles. The van der Waals surface area contributed by atoms with Crippen molar-refractivity contribution in [3.8, 4) is 17.9 Å². The minimum atomic E-state index is -1.26. The fourth-order valence-electron chi connectivity index (χ4n) is 2.66. The quantitative estimate of drug-likeness (QED) is 0.146. The Hall–Kier alpha value is -2.02. The van der Waals surface area contributed by atoms with Crippen molar-refractivity contribution in [2.45, 2.75) is 72.1 Å². The van der Waals surface area contributed by atoms with Gasteiger partial charge in [-0.25, -0.2) is 14.6 Å². The summed E-state index contributed by atoms with van der Waals surface area (Å²) in [5.74, 6) is 7.02. The summed E-state index contributed by atoms with van der Waals surface area (Å²) >= 11 is 0. The van der Waals surface area contributed by atoms with E-state index in [1.165, 1.54) is 0 Å². The molecule has 1 aromatic rings. The molecule has 0 saturated heterocycles. The van der Waals surface area contributed by atoms with E-state index in [4.69, 9.17) is 14.3 Å². The molecule has 0 spiro atoms. The molecule has 0 fully saturated rings. The molecule has 0 aromatic carbocycles. The van der Waals surface area contributed by atoms with Crippen molar-refractivity contribution in [1.29, 1.82) is 5.26 Å². The average Bonchev–Trinajstić information content (AvgIpc) is 2.71. The van der Waals surface area contributed by atoms with Gasteiger partial charge in [-0.1, -0.05) is 18.8 Å². The molecule has 0 amide bonds. The summed E-state index contributed by atoms with van der Waals surface area (Å²) in [7, 11) is 2.57. The van der Waals surface area contributed by atoms with Crippen molar-refractivity contribution >= 4 is 20.7 Å². The molecule has 1 rings (SSSR count). The molecule has 8 heteroatoms. The van der Waals surface area contributed by atoms with Crippen molar-refractivity contribution < 1.29 is 9.05 Å². The first-order chi connectivity index (χ1) is 14.8. The van der Waals surface area contributed by atoms with Crippen LogP contribution < -0.4 is 0 Å². The zero-order chi connectivity index (χ0) is 23.2. The SMILES string of the molecule is CC[C@H](CC#Cc1ccc(/N=C/N(C)C)nc1)OP(OCCC#N)N(C(C)C)C(C)C. The predicted molar refractivity (Wildman–Crippen MR) is 128 cm³/mol. The third kappa shape index (κ3) is 10.7. The van der Waals surface area contributed by atoms with Crippen molar-refractivity contribution in [2.75, 3.05) is 20.7 Å². The molecule has 1 unspecified atom stereocenters. The third-order valence-electron chi connectivity index (χ3n) is 4.09. The van der Waals surface area contributed by atoms with Gasteiger partial charge in [-0.05, 0) is 46.2 Å². The van der Waals surface area contributed by atoms with E-state index in [2.05, 4.69) is 67.2 Å². The number of rotatable bonds is 12. The van der Waals surface area contributed by atoms with E-state index in [1.807, 2.05) is 31.1 Å². The number of nitriles is 1. The van der Waals surface area contributed by atoms with Crippen LogP contribution in [0, 0.1) is 23.2 Å². The van der Waals surface area contributed by atoms with Crippen LogP contribution in [0.1, 0.15) is 59.4 Å². The topological polar surface area (TPSA) is 74.0 Å². The Bertz CT molecular complexity index is 755. The Morgan fingerprint density at radius 1 is 1.23 bits per heavy atom. The van der Waals surface area contributed by atoms with Gasteiger partial charge in [0.15, 0.2) is 5.82 Å². The van der Waals surface area contributed by atoms with Crippen molar-refractivity contribution in [2.24, 2.45) is 4.99 Å². The van der Waals surface area contributed by atoms with Gasteiger partial charge in [0.25, 0.3) is 8.53 Å². The molecule has 0 bridgehead atoms. The molecule has 31 heavy (non-hydrogen) atoms. The summed E-state index contributed by atoms with van der Waals surface area (Å²) in [4.78, 5) is 10.4. The summed E-state index contributed by atoms with van der Waals surface area (Å²) in [6.07, 6.45) is 5.18. The van der Waals surface area contributed by atoms with Gasteiger partial charge in [0.2, 0.25) is 0 Å². The van der Waals surface area contributed by atoms with E-state index in [9.17, 15) is 0 Å². The fraction of sp³-hybridized carbons (Fsp3) is 0.609. The van der Waals surface area contributed by atoms with Crippen LogP contribution in [0.5, 0.6) is 0 Å². The Balaban J connectivity index is 2.80. The monoisotopic (exact) mass is 445 g/mol. The summed E-state index contributed by atoms with van der Waals surface area (Å²) in [5, 5.41) is 8.85. The smallest absolute Gasteiger partial charge is 0.259 e. The molecular formula is C23H36N5O2P. The Morgan fingerprint density at radius 2 is 1.94 bits per heavy atom. The number of aliphatic imine (C=N–C) groups is 1. The predicted octanol–water partition coefficient (Wildman–Crippen LogP) is 5.12. The van der Waals surface area contributed by atoms with Crippen LogP contribution in [0.15, 0.2) is 23.3 Å². The van der Waals surface area contributed by atoms with E-state index in [1.54, 1.807) is 12.5 Å². The van der Waals surface area contributed by atoms with Crippen LogP contribution >= 0.6 is 8.53 Å². The van der Waals surface area contributed by atoms with Gasteiger partial charge in [0, 0.05) is 44.4 Å². The molecule has 0 saturated carbocycles. The highest BCUT2D eigenvalue weighted by Crippen LogP contribution is 2.47. The van der Waals surface area contributed by atoms with Crippen LogP contribution in [0.4, 0.5) is 5.82 Å². The molecule has 0 aliphatic rings. The van der Waals surface area contributed by atoms with Crippen LogP contribution in [-0.4, -0.2) is 59.8 Å². The minimum Gasteiger partial charge on any atom is -0.369 e. The lowest BCUT2D eigenvalue weighted by atomic mass is 10.2. The second kappa shape index (κ2) is 14.9. The van der Waals surface area contributed by atoms with Gasteiger partial charge in [-0.3, -0.25) is 0 Å². The summed E-state index contributed by atoms with van der Waals surface area (Å²) in [5.41, 5.74) is 0.845. The van der Waals surface area contributed by atoms with Crippen molar-refractivity contribution in [3.63, 3.8) is 0 Å². The summed E-state index contributed by atoms with van der Waals surface area (Å²) in [6, 6.07) is 6.45. The van der Waals surface area contributed by atoms with Gasteiger partial charge >= 0.3 is 0 Å². The van der Waals surface area contributed by atoms with E-state index >= 15 is 0 Å². The maximum atomic E-state index is 8.85.